The average molecular weight is 465 g/mol. The van der Waals surface area contributed by atoms with Crippen molar-refractivity contribution in [1.29, 1.82) is 0 Å². The van der Waals surface area contributed by atoms with Gasteiger partial charge in [-0.15, -0.1) is 0 Å². The Labute approximate surface area is 196 Å². The second-order valence-electron chi connectivity index (χ2n) is 8.49. The third-order valence-electron chi connectivity index (χ3n) is 6.42. The van der Waals surface area contributed by atoms with Crippen molar-refractivity contribution in [2.45, 2.75) is 37.8 Å². The van der Waals surface area contributed by atoms with E-state index in [1.807, 2.05) is 37.3 Å². The number of carbonyl (C=O) groups excluding carboxylic acids is 1. The molecule has 34 heavy (non-hydrogen) atoms. The van der Waals surface area contributed by atoms with Crippen molar-refractivity contribution in [2.24, 2.45) is 0 Å². The lowest BCUT2D eigenvalue weighted by molar-refractivity contribution is -0.139. The Morgan fingerprint density at radius 2 is 1.79 bits per heavy atom. The summed E-state index contributed by atoms with van der Waals surface area (Å²) >= 11 is 0. The fourth-order valence-corrected chi connectivity index (χ4v) is 4.44. The summed E-state index contributed by atoms with van der Waals surface area (Å²) < 4.78 is 33.2. The first-order valence-corrected chi connectivity index (χ1v) is 11.1. The third-order valence-corrected chi connectivity index (χ3v) is 6.42. The normalized spacial score (nSPS) is 18.9. The molecule has 1 fully saturated rings. The number of hydrogen-bond acceptors (Lipinski definition) is 3. The fraction of sp³-hybridized carbons (Fsp3) is 0.259. The van der Waals surface area contributed by atoms with Crippen LogP contribution < -0.4 is 0 Å². The highest BCUT2D eigenvalue weighted by Gasteiger charge is 2.43. The number of amides is 1. The zero-order valence-corrected chi connectivity index (χ0v) is 18.7. The molecule has 1 heterocycles. The quantitative estimate of drug-likeness (QED) is 0.445. The van der Waals surface area contributed by atoms with Crippen LogP contribution in [0.1, 0.15) is 43.4 Å². The molecule has 0 unspecified atom stereocenters. The minimum atomic E-state index is -0.989. The lowest BCUT2D eigenvalue weighted by Crippen LogP contribution is -2.48. The van der Waals surface area contributed by atoms with Gasteiger partial charge in [0.2, 0.25) is 0 Å². The van der Waals surface area contributed by atoms with E-state index in [4.69, 9.17) is 4.74 Å². The van der Waals surface area contributed by atoms with Gasteiger partial charge in [0, 0.05) is 37.4 Å². The van der Waals surface area contributed by atoms with Crippen molar-refractivity contribution >= 4 is 12.1 Å². The Kier molecular flexibility index (Phi) is 6.63. The van der Waals surface area contributed by atoms with Crippen molar-refractivity contribution < 1.29 is 28.2 Å². The zero-order chi connectivity index (χ0) is 24.3. The summed E-state index contributed by atoms with van der Waals surface area (Å²) in [4.78, 5) is 25.9. The number of benzene rings is 3. The number of nitrogens with zero attached hydrogens (tertiary/aromatic N) is 1. The van der Waals surface area contributed by atoms with Crippen molar-refractivity contribution in [3.8, 4) is 11.1 Å². The minimum Gasteiger partial charge on any atom is -0.481 e. The largest absolute Gasteiger partial charge is 0.481 e. The van der Waals surface area contributed by atoms with Gasteiger partial charge in [0.05, 0.1) is 6.04 Å². The van der Waals surface area contributed by atoms with E-state index in [1.54, 1.807) is 29.2 Å². The first kappa shape index (κ1) is 23.4. The summed E-state index contributed by atoms with van der Waals surface area (Å²) in [5, 5.41) is 9.20. The van der Waals surface area contributed by atoms with Gasteiger partial charge in [0.25, 0.3) is 0 Å². The Hall–Kier alpha value is -3.74. The van der Waals surface area contributed by atoms with Crippen molar-refractivity contribution in [2.75, 3.05) is 6.54 Å². The fourth-order valence-electron chi connectivity index (χ4n) is 4.44. The maximum absolute atomic E-state index is 14.1. The molecule has 0 spiro atoms. The standard InChI is InChI=1S/C27H25F2NO4/c1-18(19-7-9-20(10-8-19)23-12-11-22(28)17-24(23)29)30-16-15-27(34-26(30)33,14-13-25(31)32)21-5-3-2-4-6-21/h2-12,17-18H,13-16H2,1H3,(H,31,32)/t18-,27+/m0/s1. The van der Waals surface area contributed by atoms with Gasteiger partial charge in [-0.05, 0) is 35.7 Å². The number of rotatable bonds is 7. The molecule has 0 saturated carbocycles. The van der Waals surface area contributed by atoms with E-state index in [-0.39, 0.29) is 18.9 Å². The number of carbonyl (C=O) groups is 2. The van der Waals surface area contributed by atoms with E-state index in [0.717, 1.165) is 17.2 Å². The van der Waals surface area contributed by atoms with Crippen molar-refractivity contribution in [3.63, 3.8) is 0 Å². The second kappa shape index (κ2) is 9.63. The Morgan fingerprint density at radius 1 is 1.09 bits per heavy atom. The first-order chi connectivity index (χ1) is 16.3. The highest BCUT2D eigenvalue weighted by Crippen LogP contribution is 2.40. The molecule has 3 aromatic carbocycles. The topological polar surface area (TPSA) is 66.8 Å². The number of halogens is 2. The maximum atomic E-state index is 14.1. The first-order valence-electron chi connectivity index (χ1n) is 11.1. The number of cyclic esters (lactones) is 1. The van der Waals surface area contributed by atoms with Gasteiger partial charge in [-0.1, -0.05) is 54.6 Å². The molecule has 0 aliphatic carbocycles. The summed E-state index contributed by atoms with van der Waals surface area (Å²) in [7, 11) is 0. The summed E-state index contributed by atoms with van der Waals surface area (Å²) in [6.07, 6.45) is 0.0260. The van der Waals surface area contributed by atoms with Crippen LogP contribution in [0.15, 0.2) is 72.8 Å². The molecule has 1 aliphatic heterocycles. The number of carboxylic acid groups (broad SMARTS) is 1. The lowest BCUT2D eigenvalue weighted by atomic mass is 9.84. The Balaban J connectivity index is 1.52. The molecule has 1 saturated heterocycles. The molecule has 3 aromatic rings. The van der Waals surface area contributed by atoms with Gasteiger partial charge in [0.15, 0.2) is 0 Å². The molecule has 7 heteroatoms. The molecule has 0 radical (unpaired) electrons. The number of hydrogen-bond donors (Lipinski definition) is 1. The van der Waals surface area contributed by atoms with Crippen LogP contribution in [0, 0.1) is 11.6 Å². The van der Waals surface area contributed by atoms with Crippen molar-refractivity contribution in [1.82, 2.24) is 4.90 Å². The van der Waals surface area contributed by atoms with E-state index < -0.39 is 29.3 Å². The van der Waals surface area contributed by atoms with E-state index >= 15 is 0 Å². The molecule has 1 amide bonds. The van der Waals surface area contributed by atoms with E-state index in [9.17, 15) is 23.5 Å². The molecule has 0 aromatic heterocycles. The second-order valence-corrected chi connectivity index (χ2v) is 8.49. The summed E-state index contributed by atoms with van der Waals surface area (Å²) in [6, 6.07) is 19.5. The van der Waals surface area contributed by atoms with Crippen molar-refractivity contribution in [3.05, 3.63) is 95.6 Å². The van der Waals surface area contributed by atoms with Gasteiger partial charge in [-0.3, -0.25) is 4.79 Å². The van der Waals surface area contributed by atoms with Crippen LogP contribution in [0.3, 0.4) is 0 Å². The van der Waals surface area contributed by atoms with Crippen LogP contribution >= 0.6 is 0 Å². The third kappa shape index (κ3) is 4.78. The summed E-state index contributed by atoms with van der Waals surface area (Å²) in [5.74, 6) is -2.22. The minimum absolute atomic E-state index is 0.112. The van der Waals surface area contributed by atoms with Crippen LogP contribution in [0.2, 0.25) is 0 Å². The Bertz CT molecular complexity index is 1180. The van der Waals surface area contributed by atoms with Crippen LogP contribution in [0.4, 0.5) is 13.6 Å². The molecular weight excluding hydrogens is 440 g/mol. The van der Waals surface area contributed by atoms with Gasteiger partial charge < -0.3 is 14.7 Å². The van der Waals surface area contributed by atoms with E-state index in [2.05, 4.69) is 0 Å². The van der Waals surface area contributed by atoms with E-state index in [0.29, 0.717) is 24.1 Å². The molecule has 4 rings (SSSR count). The highest BCUT2D eigenvalue weighted by atomic mass is 19.1. The van der Waals surface area contributed by atoms with Crippen LogP contribution in [0.5, 0.6) is 0 Å². The van der Waals surface area contributed by atoms with Gasteiger partial charge in [0.1, 0.15) is 17.2 Å². The maximum Gasteiger partial charge on any atom is 0.411 e. The highest BCUT2D eigenvalue weighted by molar-refractivity contribution is 5.71. The van der Waals surface area contributed by atoms with Gasteiger partial charge in [-0.2, -0.15) is 0 Å². The van der Waals surface area contributed by atoms with Gasteiger partial charge in [-0.25, -0.2) is 13.6 Å². The zero-order valence-electron chi connectivity index (χ0n) is 18.7. The SMILES string of the molecule is C[C@@H](c1ccc(-c2ccc(F)cc2F)cc1)N1CC[C@](CCC(=O)O)(c2ccccc2)OC1=O. The number of carboxylic acids is 1. The monoisotopic (exact) mass is 465 g/mol. The molecule has 176 valence electrons. The predicted molar refractivity (Wildman–Crippen MR) is 123 cm³/mol. The lowest BCUT2D eigenvalue weighted by Gasteiger charge is -2.43. The molecule has 5 nitrogen and oxygen atoms in total. The number of ether oxygens (including phenoxy) is 1. The van der Waals surface area contributed by atoms with E-state index in [1.165, 1.54) is 12.1 Å². The molecule has 1 N–H and O–H groups in total. The van der Waals surface area contributed by atoms with Crippen LogP contribution in [-0.4, -0.2) is 28.6 Å². The average Bonchev–Trinajstić information content (AvgIpc) is 2.83. The van der Waals surface area contributed by atoms with Crippen LogP contribution in [0.25, 0.3) is 11.1 Å². The number of aliphatic carboxylic acids is 1. The molecular formula is C27H25F2NO4. The predicted octanol–water partition coefficient (Wildman–Crippen LogP) is 6.30. The molecule has 0 bridgehead atoms. The van der Waals surface area contributed by atoms with Crippen LogP contribution in [-0.2, 0) is 15.1 Å². The van der Waals surface area contributed by atoms with Gasteiger partial charge >= 0.3 is 12.1 Å². The smallest absolute Gasteiger partial charge is 0.411 e. The molecule has 2 atom stereocenters. The molecule has 1 aliphatic rings. The summed E-state index contributed by atoms with van der Waals surface area (Å²) in [5.41, 5.74) is 1.52. The Morgan fingerprint density at radius 3 is 2.41 bits per heavy atom. The summed E-state index contributed by atoms with van der Waals surface area (Å²) in [6.45, 7) is 2.27.